The van der Waals surface area contributed by atoms with Crippen LogP contribution in [0.5, 0.6) is 0 Å². The van der Waals surface area contributed by atoms with E-state index in [4.69, 9.17) is 11.6 Å². The van der Waals surface area contributed by atoms with Crippen LogP contribution in [0.4, 0.5) is 5.82 Å². The van der Waals surface area contributed by atoms with Crippen molar-refractivity contribution in [1.82, 2.24) is 10.2 Å². The smallest absolute Gasteiger partial charge is 0.151 e. The molecular weight excluding hydrogens is 282 g/mol. The van der Waals surface area contributed by atoms with Crippen molar-refractivity contribution in [3.63, 3.8) is 0 Å². The lowest BCUT2D eigenvalue weighted by Gasteiger charge is -2.30. The van der Waals surface area contributed by atoms with Gasteiger partial charge in [0.2, 0.25) is 0 Å². The van der Waals surface area contributed by atoms with Gasteiger partial charge >= 0.3 is 0 Å². The summed E-state index contributed by atoms with van der Waals surface area (Å²) in [5.41, 5.74) is 4.10. The van der Waals surface area contributed by atoms with Gasteiger partial charge in [0.1, 0.15) is 0 Å². The topological polar surface area (TPSA) is 29.0 Å². The van der Waals surface area contributed by atoms with Crippen molar-refractivity contribution in [3.8, 4) is 0 Å². The van der Waals surface area contributed by atoms with Gasteiger partial charge in [0.05, 0.1) is 0 Å². The quantitative estimate of drug-likeness (QED) is 0.787. The van der Waals surface area contributed by atoms with Crippen LogP contribution in [0.3, 0.4) is 0 Å². The zero-order valence-electron chi connectivity index (χ0n) is 12.3. The minimum absolute atomic E-state index is 0.385. The molecule has 0 N–H and O–H groups in total. The Bertz CT molecular complexity index is 664. The number of halogens is 1. The summed E-state index contributed by atoms with van der Waals surface area (Å²) in [4.78, 5) is 2.23. The number of hydrogen-bond donors (Lipinski definition) is 0. The van der Waals surface area contributed by atoms with Gasteiger partial charge in [-0.3, -0.25) is 0 Å². The molecule has 2 heterocycles. The summed E-state index contributed by atoms with van der Waals surface area (Å²) in [7, 11) is 0. The van der Waals surface area contributed by atoms with E-state index in [0.717, 1.165) is 18.9 Å². The number of benzene rings is 1. The van der Waals surface area contributed by atoms with Crippen LogP contribution in [0, 0.1) is 13.8 Å². The Hall–Kier alpha value is -1.87. The maximum Gasteiger partial charge on any atom is 0.151 e. The van der Waals surface area contributed by atoms with Gasteiger partial charge in [-0.05, 0) is 42.7 Å². The molecule has 1 atom stereocenters. The van der Waals surface area contributed by atoms with Gasteiger partial charge in [-0.2, -0.15) is 0 Å². The third kappa shape index (κ3) is 2.93. The summed E-state index contributed by atoms with van der Waals surface area (Å²) in [6.07, 6.45) is 4.49. The highest BCUT2D eigenvalue weighted by molar-refractivity contribution is 6.29. The third-order valence-electron chi connectivity index (χ3n) is 4.10. The van der Waals surface area contributed by atoms with Crippen molar-refractivity contribution in [1.29, 1.82) is 0 Å². The van der Waals surface area contributed by atoms with E-state index >= 15 is 0 Å². The number of nitrogens with zero attached hydrogens (tertiary/aromatic N) is 3. The van der Waals surface area contributed by atoms with Gasteiger partial charge in [0.15, 0.2) is 11.0 Å². The Morgan fingerprint density at radius 1 is 1.14 bits per heavy atom. The lowest BCUT2D eigenvalue weighted by Crippen LogP contribution is -2.32. The molecule has 0 spiro atoms. The maximum atomic E-state index is 5.81. The highest BCUT2D eigenvalue weighted by Gasteiger charge is 2.20. The summed E-state index contributed by atoms with van der Waals surface area (Å²) in [5.74, 6) is 1.26. The van der Waals surface area contributed by atoms with E-state index < -0.39 is 0 Å². The summed E-state index contributed by atoms with van der Waals surface area (Å²) in [6.45, 7) is 6.13. The average molecular weight is 300 g/mol. The first-order valence-corrected chi connectivity index (χ1v) is 7.50. The highest BCUT2D eigenvalue weighted by atomic mass is 35.5. The molecule has 108 valence electrons. The van der Waals surface area contributed by atoms with Crippen LogP contribution in [0.1, 0.15) is 22.6 Å². The van der Waals surface area contributed by atoms with Crippen LogP contribution in [-0.4, -0.2) is 23.3 Å². The molecule has 0 saturated heterocycles. The molecule has 0 radical (unpaired) electrons. The van der Waals surface area contributed by atoms with Crippen molar-refractivity contribution in [2.45, 2.75) is 19.8 Å². The second-order valence-electron chi connectivity index (χ2n) is 5.44. The number of anilines is 1. The summed E-state index contributed by atoms with van der Waals surface area (Å²) in [5, 5.41) is 8.54. The first-order chi connectivity index (χ1) is 10.1. The van der Waals surface area contributed by atoms with Crippen molar-refractivity contribution in [3.05, 3.63) is 64.3 Å². The average Bonchev–Trinajstić information content (AvgIpc) is 2.51. The molecule has 0 saturated carbocycles. The lowest BCUT2D eigenvalue weighted by atomic mass is 9.90. The molecule has 4 heteroatoms. The Balaban J connectivity index is 1.86. The molecule has 2 aromatic rings. The Morgan fingerprint density at radius 3 is 2.76 bits per heavy atom. The molecule has 1 aliphatic heterocycles. The third-order valence-corrected chi connectivity index (χ3v) is 4.30. The van der Waals surface area contributed by atoms with Crippen LogP contribution in [0.25, 0.3) is 0 Å². The number of aryl methyl sites for hydroxylation is 1. The Kier molecular flexibility index (Phi) is 3.93. The maximum absolute atomic E-state index is 5.81. The molecule has 0 bridgehead atoms. The molecular formula is C17H18ClN3. The largest absolute Gasteiger partial charge is 0.350 e. The van der Waals surface area contributed by atoms with Gasteiger partial charge in [-0.1, -0.05) is 42.0 Å². The van der Waals surface area contributed by atoms with Crippen LogP contribution >= 0.6 is 11.6 Å². The number of hydrogen-bond acceptors (Lipinski definition) is 3. The van der Waals surface area contributed by atoms with Gasteiger partial charge in [0, 0.05) is 19.0 Å². The molecule has 21 heavy (non-hydrogen) atoms. The van der Waals surface area contributed by atoms with E-state index in [-0.39, 0.29) is 0 Å². The fourth-order valence-corrected chi connectivity index (χ4v) is 2.87. The normalized spacial score (nSPS) is 18.0. The van der Waals surface area contributed by atoms with Gasteiger partial charge in [0.25, 0.3) is 0 Å². The molecule has 0 amide bonds. The molecule has 1 aromatic carbocycles. The van der Waals surface area contributed by atoms with Crippen molar-refractivity contribution in [2.75, 3.05) is 18.0 Å². The first-order valence-electron chi connectivity index (χ1n) is 7.12. The summed E-state index contributed by atoms with van der Waals surface area (Å²) < 4.78 is 0. The minimum Gasteiger partial charge on any atom is -0.350 e. The number of aromatic nitrogens is 2. The van der Waals surface area contributed by atoms with Gasteiger partial charge < -0.3 is 4.90 Å². The van der Waals surface area contributed by atoms with E-state index in [1.165, 1.54) is 16.7 Å². The standard InChI is InChI=1S/C17H18ClN3/c1-12-5-3-7-15(13(12)2)14-6-4-10-21(11-14)17-9-8-16(18)19-20-17/h3-9,14H,10-11H2,1-2H3. The molecule has 0 aliphatic carbocycles. The molecule has 1 aromatic heterocycles. The zero-order valence-corrected chi connectivity index (χ0v) is 13.0. The Labute approximate surface area is 130 Å². The predicted molar refractivity (Wildman–Crippen MR) is 87.1 cm³/mol. The minimum atomic E-state index is 0.385. The highest BCUT2D eigenvalue weighted by Crippen LogP contribution is 2.28. The SMILES string of the molecule is Cc1cccc(C2C=CCN(c3ccc(Cl)nn3)C2)c1C. The van der Waals surface area contributed by atoms with Gasteiger partial charge in [-0.15, -0.1) is 10.2 Å². The Morgan fingerprint density at radius 2 is 2.00 bits per heavy atom. The fraction of sp³-hybridized carbons (Fsp3) is 0.294. The predicted octanol–water partition coefficient (Wildman–Crippen LogP) is 3.91. The van der Waals surface area contributed by atoms with Crippen LogP contribution < -0.4 is 4.90 Å². The van der Waals surface area contributed by atoms with Crippen LogP contribution in [-0.2, 0) is 0 Å². The van der Waals surface area contributed by atoms with Crippen molar-refractivity contribution < 1.29 is 0 Å². The fourth-order valence-electron chi connectivity index (χ4n) is 2.77. The van der Waals surface area contributed by atoms with E-state index in [1.54, 1.807) is 6.07 Å². The van der Waals surface area contributed by atoms with E-state index in [9.17, 15) is 0 Å². The second kappa shape index (κ2) is 5.86. The molecule has 0 fully saturated rings. The number of rotatable bonds is 2. The van der Waals surface area contributed by atoms with E-state index in [1.807, 2.05) is 6.07 Å². The molecule has 1 unspecified atom stereocenters. The van der Waals surface area contributed by atoms with Crippen LogP contribution in [0.15, 0.2) is 42.5 Å². The second-order valence-corrected chi connectivity index (χ2v) is 5.83. The lowest BCUT2D eigenvalue weighted by molar-refractivity contribution is 0.717. The summed E-state index contributed by atoms with van der Waals surface area (Å²) in [6, 6.07) is 10.2. The molecule has 3 rings (SSSR count). The monoisotopic (exact) mass is 299 g/mol. The van der Waals surface area contributed by atoms with Gasteiger partial charge in [-0.25, -0.2) is 0 Å². The van der Waals surface area contributed by atoms with Crippen LogP contribution in [0.2, 0.25) is 5.15 Å². The molecule has 1 aliphatic rings. The molecule has 3 nitrogen and oxygen atoms in total. The van der Waals surface area contributed by atoms with Crippen molar-refractivity contribution >= 4 is 17.4 Å². The van der Waals surface area contributed by atoms with E-state index in [2.05, 4.69) is 59.3 Å². The summed E-state index contributed by atoms with van der Waals surface area (Å²) >= 11 is 5.81. The van der Waals surface area contributed by atoms with E-state index in [0.29, 0.717) is 11.1 Å². The zero-order chi connectivity index (χ0) is 14.8. The first kappa shape index (κ1) is 14.1. The van der Waals surface area contributed by atoms with Crippen molar-refractivity contribution in [2.24, 2.45) is 0 Å².